The third-order valence-corrected chi connectivity index (χ3v) is 5.78. The molecule has 1 aliphatic carbocycles. The van der Waals surface area contributed by atoms with Crippen LogP contribution < -0.4 is 16.4 Å². The highest BCUT2D eigenvalue weighted by Gasteiger charge is 2.35. The standard InChI is InChI=1S/C21H32N4O2.2ClH/c1-16-8-9-17(23-20(27)21(22)10-4-2-5-11-21)14-18(16)24-19(26)15-25-12-6-3-7-13-25;;/h8-9,14H,2-7,10-13,15,22H2,1H3,(H,23,27)(H,24,26);2*1H. The van der Waals surface area contributed by atoms with Gasteiger partial charge in [-0.1, -0.05) is 31.7 Å². The Balaban J connectivity index is 0.00000210. The number of anilines is 2. The molecule has 8 heteroatoms. The van der Waals surface area contributed by atoms with Crippen molar-refractivity contribution in [2.45, 2.75) is 63.8 Å². The van der Waals surface area contributed by atoms with Crippen LogP contribution in [0.4, 0.5) is 11.4 Å². The number of aryl methyl sites for hydroxylation is 1. The van der Waals surface area contributed by atoms with Crippen LogP contribution in [0.5, 0.6) is 0 Å². The van der Waals surface area contributed by atoms with Gasteiger partial charge in [0.25, 0.3) is 0 Å². The van der Waals surface area contributed by atoms with Crippen molar-refractivity contribution in [2.24, 2.45) is 5.73 Å². The number of carbonyl (C=O) groups is 2. The molecule has 1 aromatic rings. The van der Waals surface area contributed by atoms with Crippen molar-refractivity contribution in [1.82, 2.24) is 4.90 Å². The van der Waals surface area contributed by atoms with Gasteiger partial charge in [-0.15, -0.1) is 24.8 Å². The monoisotopic (exact) mass is 444 g/mol. The summed E-state index contributed by atoms with van der Waals surface area (Å²) >= 11 is 0. The summed E-state index contributed by atoms with van der Waals surface area (Å²) in [5.74, 6) is -0.136. The van der Waals surface area contributed by atoms with E-state index in [0.717, 1.165) is 69.3 Å². The third-order valence-electron chi connectivity index (χ3n) is 5.78. The van der Waals surface area contributed by atoms with Crippen LogP contribution in [-0.4, -0.2) is 41.9 Å². The molecule has 0 radical (unpaired) electrons. The summed E-state index contributed by atoms with van der Waals surface area (Å²) in [6.45, 7) is 4.35. The molecule has 2 fully saturated rings. The first-order valence-electron chi connectivity index (χ1n) is 10.2. The van der Waals surface area contributed by atoms with E-state index in [1.54, 1.807) is 0 Å². The first-order chi connectivity index (χ1) is 13.0. The minimum atomic E-state index is -0.777. The Hall–Kier alpha value is -1.34. The van der Waals surface area contributed by atoms with E-state index >= 15 is 0 Å². The zero-order valence-electron chi connectivity index (χ0n) is 17.2. The number of piperidine rings is 1. The number of carbonyl (C=O) groups excluding carboxylic acids is 2. The van der Waals surface area contributed by atoms with Gasteiger partial charge in [-0.3, -0.25) is 14.5 Å². The smallest absolute Gasteiger partial charge is 0.244 e. The number of likely N-dealkylation sites (tertiary alicyclic amines) is 1. The number of nitrogens with two attached hydrogens (primary N) is 1. The molecular weight excluding hydrogens is 411 g/mol. The molecule has 2 aliphatic rings. The van der Waals surface area contributed by atoms with Crippen molar-refractivity contribution < 1.29 is 9.59 Å². The zero-order chi connectivity index (χ0) is 19.3. The number of hydrogen-bond donors (Lipinski definition) is 3. The van der Waals surface area contributed by atoms with Crippen LogP contribution >= 0.6 is 24.8 Å². The van der Waals surface area contributed by atoms with Gasteiger partial charge in [-0.25, -0.2) is 0 Å². The number of hydrogen-bond acceptors (Lipinski definition) is 4. The van der Waals surface area contributed by atoms with Gasteiger partial charge in [0, 0.05) is 11.4 Å². The van der Waals surface area contributed by atoms with Gasteiger partial charge in [0.15, 0.2) is 0 Å². The molecule has 0 aromatic heterocycles. The van der Waals surface area contributed by atoms with Gasteiger partial charge < -0.3 is 16.4 Å². The van der Waals surface area contributed by atoms with E-state index in [9.17, 15) is 9.59 Å². The number of rotatable bonds is 5. The summed E-state index contributed by atoms with van der Waals surface area (Å²) < 4.78 is 0. The number of benzene rings is 1. The molecule has 1 aliphatic heterocycles. The van der Waals surface area contributed by atoms with Crippen LogP contribution in [-0.2, 0) is 9.59 Å². The quantitative estimate of drug-likeness (QED) is 0.642. The predicted molar refractivity (Wildman–Crippen MR) is 123 cm³/mol. The Morgan fingerprint density at radius 2 is 1.62 bits per heavy atom. The maximum atomic E-state index is 12.6. The molecule has 3 rings (SSSR count). The van der Waals surface area contributed by atoms with E-state index in [2.05, 4.69) is 15.5 Å². The Labute approximate surface area is 186 Å². The normalized spacial score (nSPS) is 18.7. The molecule has 0 unspecified atom stereocenters. The molecule has 0 atom stereocenters. The number of amides is 2. The molecule has 6 nitrogen and oxygen atoms in total. The summed E-state index contributed by atoms with van der Waals surface area (Å²) in [5.41, 5.74) is 7.93. The van der Waals surface area contributed by atoms with Crippen LogP contribution in [0.3, 0.4) is 0 Å². The number of nitrogens with one attached hydrogen (secondary N) is 2. The summed E-state index contributed by atoms with van der Waals surface area (Å²) in [5, 5.41) is 5.95. The van der Waals surface area contributed by atoms with Crippen LogP contribution in [0.1, 0.15) is 56.9 Å². The molecule has 1 heterocycles. The van der Waals surface area contributed by atoms with E-state index in [-0.39, 0.29) is 36.6 Å². The van der Waals surface area contributed by atoms with Crippen LogP contribution in [0.15, 0.2) is 18.2 Å². The Bertz CT molecular complexity index is 687. The molecule has 0 spiro atoms. The Morgan fingerprint density at radius 1 is 1.00 bits per heavy atom. The van der Waals surface area contributed by atoms with Crippen LogP contribution in [0.2, 0.25) is 0 Å². The van der Waals surface area contributed by atoms with E-state index in [1.807, 2.05) is 25.1 Å². The largest absolute Gasteiger partial charge is 0.325 e. The van der Waals surface area contributed by atoms with Gasteiger partial charge in [-0.05, 0) is 63.4 Å². The van der Waals surface area contributed by atoms with Crippen molar-refractivity contribution in [3.8, 4) is 0 Å². The van der Waals surface area contributed by atoms with Crippen molar-refractivity contribution in [2.75, 3.05) is 30.3 Å². The predicted octanol–water partition coefficient (Wildman–Crippen LogP) is 3.86. The molecule has 1 aromatic carbocycles. The lowest BCUT2D eigenvalue weighted by Crippen LogP contribution is -2.52. The minimum Gasteiger partial charge on any atom is -0.325 e. The van der Waals surface area contributed by atoms with Crippen LogP contribution in [0, 0.1) is 6.92 Å². The summed E-state index contributed by atoms with van der Waals surface area (Å²) in [6.07, 6.45) is 8.16. The highest BCUT2D eigenvalue weighted by molar-refractivity contribution is 5.99. The van der Waals surface area contributed by atoms with E-state index in [0.29, 0.717) is 12.2 Å². The third kappa shape index (κ3) is 7.14. The maximum Gasteiger partial charge on any atom is 0.244 e. The molecule has 1 saturated heterocycles. The highest BCUT2D eigenvalue weighted by Crippen LogP contribution is 2.28. The number of nitrogens with zero attached hydrogens (tertiary/aromatic N) is 1. The summed E-state index contributed by atoms with van der Waals surface area (Å²) in [7, 11) is 0. The molecule has 2 amide bonds. The van der Waals surface area contributed by atoms with Gasteiger partial charge in [0.2, 0.25) is 11.8 Å². The topological polar surface area (TPSA) is 87.5 Å². The lowest BCUT2D eigenvalue weighted by molar-refractivity contribution is -0.122. The highest BCUT2D eigenvalue weighted by atomic mass is 35.5. The fourth-order valence-electron chi connectivity index (χ4n) is 4.01. The summed E-state index contributed by atoms with van der Waals surface area (Å²) in [6, 6.07) is 5.60. The molecule has 0 bridgehead atoms. The first kappa shape index (κ1) is 25.7. The molecule has 4 N–H and O–H groups in total. The minimum absolute atomic E-state index is 0. The average molecular weight is 445 g/mol. The SMILES string of the molecule is Cc1ccc(NC(=O)C2(N)CCCCC2)cc1NC(=O)CN1CCCCC1.Cl.Cl. The molecule has 1 saturated carbocycles. The Morgan fingerprint density at radius 3 is 2.28 bits per heavy atom. The fraction of sp³-hybridized carbons (Fsp3) is 0.619. The first-order valence-corrected chi connectivity index (χ1v) is 10.2. The number of halogens is 2. The Kier molecular flexibility index (Phi) is 10.4. The van der Waals surface area contributed by atoms with E-state index in [4.69, 9.17) is 5.73 Å². The van der Waals surface area contributed by atoms with Gasteiger partial charge in [-0.2, -0.15) is 0 Å². The molecular formula is C21H34Cl2N4O2. The van der Waals surface area contributed by atoms with Crippen LogP contribution in [0.25, 0.3) is 0 Å². The van der Waals surface area contributed by atoms with Crippen molar-refractivity contribution in [3.05, 3.63) is 23.8 Å². The van der Waals surface area contributed by atoms with E-state index in [1.165, 1.54) is 6.42 Å². The van der Waals surface area contributed by atoms with Crippen molar-refractivity contribution in [1.29, 1.82) is 0 Å². The fourth-order valence-corrected chi connectivity index (χ4v) is 4.01. The van der Waals surface area contributed by atoms with Gasteiger partial charge >= 0.3 is 0 Å². The van der Waals surface area contributed by atoms with Crippen molar-refractivity contribution >= 4 is 48.0 Å². The van der Waals surface area contributed by atoms with Crippen molar-refractivity contribution in [3.63, 3.8) is 0 Å². The summed E-state index contributed by atoms with van der Waals surface area (Å²) in [4.78, 5) is 27.2. The second-order valence-electron chi connectivity index (χ2n) is 8.09. The van der Waals surface area contributed by atoms with Gasteiger partial charge in [0.1, 0.15) is 0 Å². The van der Waals surface area contributed by atoms with Gasteiger partial charge in [0.05, 0.1) is 12.1 Å². The second-order valence-corrected chi connectivity index (χ2v) is 8.09. The van der Waals surface area contributed by atoms with E-state index < -0.39 is 5.54 Å². The molecule has 29 heavy (non-hydrogen) atoms. The maximum absolute atomic E-state index is 12.6. The lowest BCUT2D eigenvalue weighted by Gasteiger charge is -2.31. The average Bonchev–Trinajstić information content (AvgIpc) is 2.66. The lowest BCUT2D eigenvalue weighted by atomic mass is 9.82. The zero-order valence-corrected chi connectivity index (χ0v) is 18.8. The molecule has 164 valence electrons. The second kappa shape index (κ2) is 11.7.